The molecule has 0 bridgehead atoms. The van der Waals surface area contributed by atoms with Crippen molar-refractivity contribution < 1.29 is 4.79 Å². The summed E-state index contributed by atoms with van der Waals surface area (Å²) in [5, 5.41) is 3.49. The molecule has 1 N–H and O–H groups in total. The van der Waals surface area contributed by atoms with Crippen LogP contribution in [0, 0.1) is 0 Å². The molecule has 1 saturated carbocycles. The molecule has 1 saturated heterocycles. The van der Waals surface area contributed by atoms with Crippen molar-refractivity contribution >= 4 is 5.91 Å². The molecule has 2 aliphatic rings. The molecule has 1 aliphatic carbocycles. The van der Waals surface area contributed by atoms with Gasteiger partial charge in [0.1, 0.15) is 0 Å². The Balaban J connectivity index is 1.57. The fourth-order valence-electron chi connectivity index (χ4n) is 3.20. The molecule has 114 valence electrons. The maximum atomic E-state index is 12.6. The molecule has 3 nitrogen and oxygen atoms in total. The fraction of sp³-hybridized carbons (Fsp3) is 0.611. The maximum Gasteiger partial charge on any atom is 0.240 e. The van der Waals surface area contributed by atoms with Gasteiger partial charge in [-0.25, -0.2) is 0 Å². The summed E-state index contributed by atoms with van der Waals surface area (Å²) in [7, 11) is 0. The molecule has 2 fully saturated rings. The molecule has 3 rings (SSSR count). The van der Waals surface area contributed by atoms with E-state index in [9.17, 15) is 4.79 Å². The first kappa shape index (κ1) is 14.6. The van der Waals surface area contributed by atoms with Crippen LogP contribution >= 0.6 is 0 Å². The Morgan fingerprint density at radius 1 is 1.19 bits per heavy atom. The summed E-state index contributed by atoms with van der Waals surface area (Å²) in [6.45, 7) is 5.30. The molecular weight excluding hydrogens is 260 g/mol. The first-order valence-electron chi connectivity index (χ1n) is 8.18. The number of nitrogens with one attached hydrogen (secondary N) is 1. The quantitative estimate of drug-likeness (QED) is 0.872. The molecule has 1 atom stereocenters. The number of likely N-dealkylation sites (tertiary alicyclic amines) is 1. The number of nitrogens with zero attached hydrogens (tertiary/aromatic N) is 1. The van der Waals surface area contributed by atoms with Crippen LogP contribution < -0.4 is 5.32 Å². The Labute approximate surface area is 127 Å². The van der Waals surface area contributed by atoms with Gasteiger partial charge in [0.2, 0.25) is 5.91 Å². The predicted octanol–water partition coefficient (Wildman–Crippen LogP) is 2.75. The lowest BCUT2D eigenvalue weighted by Crippen LogP contribution is -2.48. The van der Waals surface area contributed by atoms with Crippen LogP contribution in [0.25, 0.3) is 0 Å². The standard InChI is InChI=1S/C18H26N2O/c1-18(2,12-10-14-6-4-3-5-7-14)20-13-11-16(17(20)21)19-15-8-9-15/h3-7,15-16,19H,8-13H2,1-2H3. The number of hydrogen-bond donors (Lipinski definition) is 1. The first-order valence-corrected chi connectivity index (χ1v) is 8.18. The van der Waals surface area contributed by atoms with Crippen LogP contribution in [-0.2, 0) is 11.2 Å². The monoisotopic (exact) mass is 286 g/mol. The van der Waals surface area contributed by atoms with Gasteiger partial charge < -0.3 is 10.2 Å². The van der Waals surface area contributed by atoms with E-state index in [1.807, 2.05) is 6.07 Å². The van der Waals surface area contributed by atoms with Gasteiger partial charge in [-0.3, -0.25) is 4.79 Å². The zero-order chi connectivity index (χ0) is 14.9. The number of carbonyl (C=O) groups is 1. The minimum absolute atomic E-state index is 0.0626. The second-order valence-electron chi connectivity index (χ2n) is 7.07. The van der Waals surface area contributed by atoms with Gasteiger partial charge in [-0.15, -0.1) is 0 Å². The zero-order valence-corrected chi connectivity index (χ0v) is 13.1. The third kappa shape index (κ3) is 3.46. The second kappa shape index (κ2) is 5.80. The Bertz CT molecular complexity index is 493. The molecule has 1 aliphatic heterocycles. The minimum atomic E-state index is -0.0626. The van der Waals surface area contributed by atoms with E-state index in [0.717, 1.165) is 25.8 Å². The molecule has 1 amide bonds. The molecule has 1 aromatic rings. The van der Waals surface area contributed by atoms with Crippen molar-refractivity contribution in [3.8, 4) is 0 Å². The number of rotatable bonds is 6. The number of benzene rings is 1. The minimum Gasteiger partial charge on any atom is -0.336 e. The van der Waals surface area contributed by atoms with Gasteiger partial charge in [0.25, 0.3) is 0 Å². The molecular formula is C18H26N2O. The van der Waals surface area contributed by atoms with E-state index in [0.29, 0.717) is 11.9 Å². The van der Waals surface area contributed by atoms with Gasteiger partial charge in [0.05, 0.1) is 6.04 Å². The lowest BCUT2D eigenvalue weighted by Gasteiger charge is -2.36. The summed E-state index contributed by atoms with van der Waals surface area (Å²) in [5.41, 5.74) is 1.29. The van der Waals surface area contributed by atoms with Crippen molar-refractivity contribution in [3.63, 3.8) is 0 Å². The topological polar surface area (TPSA) is 32.3 Å². The molecule has 21 heavy (non-hydrogen) atoms. The molecule has 0 radical (unpaired) electrons. The number of carbonyl (C=O) groups excluding carboxylic acids is 1. The Hall–Kier alpha value is -1.35. The summed E-state index contributed by atoms with van der Waals surface area (Å²) in [6, 6.07) is 11.2. The van der Waals surface area contributed by atoms with Crippen molar-refractivity contribution in [2.45, 2.75) is 63.6 Å². The Kier molecular flexibility index (Phi) is 4.03. The van der Waals surface area contributed by atoms with Crippen LogP contribution in [0.1, 0.15) is 45.1 Å². The van der Waals surface area contributed by atoms with Crippen LogP contribution in [0.3, 0.4) is 0 Å². The van der Waals surface area contributed by atoms with E-state index in [2.05, 4.69) is 48.3 Å². The highest BCUT2D eigenvalue weighted by Gasteiger charge is 2.41. The van der Waals surface area contributed by atoms with E-state index in [1.54, 1.807) is 0 Å². The second-order valence-corrected chi connectivity index (χ2v) is 7.07. The molecule has 0 aromatic heterocycles. The lowest BCUT2D eigenvalue weighted by molar-refractivity contribution is -0.134. The third-order valence-corrected chi connectivity index (χ3v) is 4.82. The van der Waals surface area contributed by atoms with Crippen molar-refractivity contribution in [3.05, 3.63) is 35.9 Å². The van der Waals surface area contributed by atoms with Crippen LogP contribution in [0.4, 0.5) is 0 Å². The lowest BCUT2D eigenvalue weighted by atomic mass is 9.93. The van der Waals surface area contributed by atoms with Gasteiger partial charge in [-0.2, -0.15) is 0 Å². The zero-order valence-electron chi connectivity index (χ0n) is 13.1. The summed E-state index contributed by atoms with van der Waals surface area (Å²) < 4.78 is 0. The van der Waals surface area contributed by atoms with E-state index < -0.39 is 0 Å². The number of aryl methyl sites for hydroxylation is 1. The molecule has 0 spiro atoms. The van der Waals surface area contributed by atoms with Gasteiger partial charge in [-0.1, -0.05) is 30.3 Å². The van der Waals surface area contributed by atoms with Gasteiger partial charge in [-0.05, 0) is 51.5 Å². The van der Waals surface area contributed by atoms with Gasteiger partial charge in [0.15, 0.2) is 0 Å². The van der Waals surface area contributed by atoms with Gasteiger partial charge in [0, 0.05) is 18.1 Å². The highest BCUT2D eigenvalue weighted by molar-refractivity contribution is 5.84. The van der Waals surface area contributed by atoms with E-state index >= 15 is 0 Å². The normalized spacial score (nSPS) is 22.9. The van der Waals surface area contributed by atoms with Crippen molar-refractivity contribution in [2.75, 3.05) is 6.54 Å². The van der Waals surface area contributed by atoms with Gasteiger partial charge >= 0.3 is 0 Å². The fourth-order valence-corrected chi connectivity index (χ4v) is 3.20. The van der Waals surface area contributed by atoms with Crippen molar-refractivity contribution in [1.29, 1.82) is 0 Å². The predicted molar refractivity (Wildman–Crippen MR) is 85.1 cm³/mol. The molecule has 1 aromatic carbocycles. The van der Waals surface area contributed by atoms with Crippen molar-refractivity contribution in [1.82, 2.24) is 10.2 Å². The van der Waals surface area contributed by atoms with E-state index in [4.69, 9.17) is 0 Å². The van der Waals surface area contributed by atoms with Crippen LogP contribution in [0.2, 0.25) is 0 Å². The summed E-state index contributed by atoms with van der Waals surface area (Å²) in [6.07, 6.45) is 5.48. The van der Waals surface area contributed by atoms with E-state index in [1.165, 1.54) is 18.4 Å². The molecule has 3 heteroatoms. The van der Waals surface area contributed by atoms with Crippen molar-refractivity contribution in [2.24, 2.45) is 0 Å². The molecule has 1 heterocycles. The maximum absolute atomic E-state index is 12.6. The number of amides is 1. The van der Waals surface area contributed by atoms with Crippen LogP contribution in [0.5, 0.6) is 0 Å². The smallest absolute Gasteiger partial charge is 0.240 e. The average molecular weight is 286 g/mol. The Morgan fingerprint density at radius 2 is 1.90 bits per heavy atom. The van der Waals surface area contributed by atoms with E-state index in [-0.39, 0.29) is 11.6 Å². The first-order chi connectivity index (χ1) is 10.1. The SMILES string of the molecule is CC(C)(CCc1ccccc1)N1CCC(NC2CC2)C1=O. The average Bonchev–Trinajstić information content (AvgIpc) is 3.21. The third-order valence-electron chi connectivity index (χ3n) is 4.82. The summed E-state index contributed by atoms with van der Waals surface area (Å²) >= 11 is 0. The summed E-state index contributed by atoms with van der Waals surface area (Å²) in [4.78, 5) is 14.7. The number of hydrogen-bond acceptors (Lipinski definition) is 2. The molecule has 1 unspecified atom stereocenters. The largest absolute Gasteiger partial charge is 0.336 e. The highest BCUT2D eigenvalue weighted by atomic mass is 16.2. The highest BCUT2D eigenvalue weighted by Crippen LogP contribution is 2.29. The van der Waals surface area contributed by atoms with Crippen LogP contribution in [0.15, 0.2) is 30.3 Å². The van der Waals surface area contributed by atoms with Crippen LogP contribution in [-0.4, -0.2) is 35.0 Å². The summed E-state index contributed by atoms with van der Waals surface area (Å²) in [5.74, 6) is 0.306. The Morgan fingerprint density at radius 3 is 2.57 bits per heavy atom.